The van der Waals surface area contributed by atoms with Gasteiger partial charge < -0.3 is 9.47 Å². The van der Waals surface area contributed by atoms with E-state index >= 15 is 0 Å². The molecule has 3 heterocycles. The number of ether oxygens (including phenoxy) is 2. The molecule has 2 aromatic heterocycles. The molecule has 0 radical (unpaired) electrons. The van der Waals surface area contributed by atoms with Crippen molar-refractivity contribution in [2.75, 3.05) is 13.7 Å². The van der Waals surface area contributed by atoms with Gasteiger partial charge in [-0.1, -0.05) is 23.8 Å². The molecule has 0 N–H and O–H groups in total. The van der Waals surface area contributed by atoms with E-state index in [4.69, 9.17) is 21.1 Å². The van der Waals surface area contributed by atoms with Crippen molar-refractivity contribution < 1.29 is 9.47 Å². The summed E-state index contributed by atoms with van der Waals surface area (Å²) in [5, 5.41) is 0.555. The fourth-order valence-corrected chi connectivity index (χ4v) is 2.25. The lowest BCUT2D eigenvalue weighted by Crippen LogP contribution is -2.01. The Morgan fingerprint density at radius 1 is 1.44 bits per heavy atom. The van der Waals surface area contributed by atoms with Gasteiger partial charge in [0.15, 0.2) is 0 Å². The number of rotatable bonds is 2. The number of aromatic nitrogens is 2. The van der Waals surface area contributed by atoms with Crippen LogP contribution in [0.25, 0.3) is 11.0 Å². The predicted octanol–water partition coefficient (Wildman–Crippen LogP) is 2.92. The van der Waals surface area contributed by atoms with Gasteiger partial charge in [0.2, 0.25) is 5.88 Å². The maximum atomic E-state index is 6.22. The molecule has 1 aliphatic rings. The topological polar surface area (TPSA) is 44.2 Å². The van der Waals surface area contributed by atoms with Gasteiger partial charge in [-0.2, -0.15) is 0 Å². The molecule has 1 aliphatic heterocycles. The summed E-state index contributed by atoms with van der Waals surface area (Å²) in [4.78, 5) is 8.67. The van der Waals surface area contributed by atoms with E-state index < -0.39 is 0 Å². The van der Waals surface area contributed by atoms with Crippen molar-refractivity contribution in [2.24, 2.45) is 0 Å². The second-order valence-corrected chi connectivity index (χ2v) is 4.33. The van der Waals surface area contributed by atoms with Crippen LogP contribution in [0.1, 0.15) is 11.7 Å². The van der Waals surface area contributed by atoms with E-state index in [1.54, 1.807) is 19.4 Å². The first kappa shape index (κ1) is 11.4. The first-order valence-corrected chi connectivity index (χ1v) is 5.95. The van der Waals surface area contributed by atoms with Crippen LogP contribution < -0.4 is 4.74 Å². The van der Waals surface area contributed by atoms with Crippen molar-refractivity contribution in [3.63, 3.8) is 0 Å². The Morgan fingerprint density at radius 3 is 3.06 bits per heavy atom. The summed E-state index contributed by atoms with van der Waals surface area (Å²) in [7, 11) is 1.58. The molecule has 0 saturated carbocycles. The standard InChI is InChI=1S/C13H11ClN2O2/c1-17-11-5-4-9-13(16-11)12(8(14)7-15-9)10-3-2-6-18-10/h2-5,7,10H,6H2,1H3. The average Bonchev–Trinajstić information content (AvgIpc) is 2.91. The average molecular weight is 263 g/mol. The van der Waals surface area contributed by atoms with Crippen molar-refractivity contribution in [3.8, 4) is 5.88 Å². The van der Waals surface area contributed by atoms with Gasteiger partial charge in [0.25, 0.3) is 0 Å². The summed E-state index contributed by atoms with van der Waals surface area (Å²) in [5.41, 5.74) is 2.34. The molecule has 0 fully saturated rings. The highest BCUT2D eigenvalue weighted by molar-refractivity contribution is 6.32. The predicted molar refractivity (Wildman–Crippen MR) is 68.9 cm³/mol. The largest absolute Gasteiger partial charge is 0.481 e. The Kier molecular flexibility index (Phi) is 2.89. The van der Waals surface area contributed by atoms with Crippen LogP contribution in [0.4, 0.5) is 0 Å². The van der Waals surface area contributed by atoms with E-state index in [0.717, 1.165) is 16.6 Å². The molecule has 3 rings (SSSR count). The van der Waals surface area contributed by atoms with E-state index in [-0.39, 0.29) is 6.10 Å². The molecule has 0 aliphatic carbocycles. The van der Waals surface area contributed by atoms with Crippen LogP contribution >= 0.6 is 11.6 Å². The van der Waals surface area contributed by atoms with Gasteiger partial charge in [-0.3, -0.25) is 4.98 Å². The fraction of sp³-hybridized carbons (Fsp3) is 0.231. The quantitative estimate of drug-likeness (QED) is 0.781. The third-order valence-electron chi connectivity index (χ3n) is 2.85. The second-order valence-electron chi connectivity index (χ2n) is 3.92. The minimum Gasteiger partial charge on any atom is -0.481 e. The summed E-state index contributed by atoms with van der Waals surface area (Å²) in [6, 6.07) is 3.64. The molecule has 0 amide bonds. The normalized spacial score (nSPS) is 18.4. The molecule has 4 nitrogen and oxygen atoms in total. The molecule has 18 heavy (non-hydrogen) atoms. The lowest BCUT2D eigenvalue weighted by molar-refractivity contribution is 0.130. The number of hydrogen-bond donors (Lipinski definition) is 0. The number of nitrogens with zero attached hydrogens (tertiary/aromatic N) is 2. The maximum Gasteiger partial charge on any atom is 0.213 e. The van der Waals surface area contributed by atoms with Crippen LogP contribution in [0.3, 0.4) is 0 Å². The van der Waals surface area contributed by atoms with Crippen LogP contribution in [0.2, 0.25) is 5.02 Å². The van der Waals surface area contributed by atoms with Crippen molar-refractivity contribution in [3.05, 3.63) is 41.1 Å². The number of methoxy groups -OCH3 is 1. The first-order chi connectivity index (χ1) is 8.79. The van der Waals surface area contributed by atoms with Gasteiger partial charge in [-0.25, -0.2) is 4.98 Å². The van der Waals surface area contributed by atoms with E-state index in [1.165, 1.54) is 0 Å². The third kappa shape index (κ3) is 1.83. The zero-order valence-electron chi connectivity index (χ0n) is 9.76. The second kappa shape index (κ2) is 4.55. The molecule has 1 unspecified atom stereocenters. The molecular weight excluding hydrogens is 252 g/mol. The molecule has 0 bridgehead atoms. The van der Waals surface area contributed by atoms with Crippen molar-refractivity contribution in [1.29, 1.82) is 0 Å². The van der Waals surface area contributed by atoms with Crippen molar-refractivity contribution in [1.82, 2.24) is 9.97 Å². The molecule has 0 saturated heterocycles. The van der Waals surface area contributed by atoms with Crippen molar-refractivity contribution >= 4 is 22.6 Å². The molecule has 2 aromatic rings. The summed E-state index contributed by atoms with van der Waals surface area (Å²) >= 11 is 6.22. The lowest BCUT2D eigenvalue weighted by atomic mass is 10.1. The van der Waals surface area contributed by atoms with Gasteiger partial charge in [0.1, 0.15) is 11.6 Å². The Labute approximate surface area is 109 Å². The summed E-state index contributed by atoms with van der Waals surface area (Å²) in [6.45, 7) is 0.592. The minimum atomic E-state index is -0.164. The van der Waals surface area contributed by atoms with Gasteiger partial charge in [0.05, 0.1) is 24.3 Å². The number of halogens is 1. The highest BCUT2D eigenvalue weighted by Crippen LogP contribution is 2.34. The molecule has 0 aromatic carbocycles. The van der Waals surface area contributed by atoms with Crippen LogP contribution in [0.15, 0.2) is 30.5 Å². The van der Waals surface area contributed by atoms with E-state index in [2.05, 4.69) is 9.97 Å². The summed E-state index contributed by atoms with van der Waals surface area (Å²) < 4.78 is 10.7. The first-order valence-electron chi connectivity index (χ1n) is 5.57. The van der Waals surface area contributed by atoms with E-state index in [9.17, 15) is 0 Å². The molecule has 0 spiro atoms. The van der Waals surface area contributed by atoms with Gasteiger partial charge in [-0.15, -0.1) is 0 Å². The van der Waals surface area contributed by atoms with Crippen LogP contribution in [0.5, 0.6) is 5.88 Å². The lowest BCUT2D eigenvalue weighted by Gasteiger charge is -2.13. The molecule has 1 atom stereocenters. The zero-order chi connectivity index (χ0) is 12.5. The SMILES string of the molecule is COc1ccc2ncc(Cl)c(C3C=CCO3)c2n1. The van der Waals surface area contributed by atoms with Gasteiger partial charge in [-0.05, 0) is 6.07 Å². The third-order valence-corrected chi connectivity index (χ3v) is 3.16. The van der Waals surface area contributed by atoms with E-state index in [0.29, 0.717) is 17.5 Å². The Hall–Kier alpha value is -1.65. The molecular formula is C13H11ClN2O2. The number of hydrogen-bond acceptors (Lipinski definition) is 4. The Bertz CT molecular complexity index is 628. The number of pyridine rings is 2. The summed E-state index contributed by atoms with van der Waals surface area (Å²) in [5.74, 6) is 0.537. The van der Waals surface area contributed by atoms with Crippen LogP contribution in [-0.4, -0.2) is 23.7 Å². The highest BCUT2D eigenvalue weighted by atomic mass is 35.5. The summed E-state index contributed by atoms with van der Waals surface area (Å²) in [6.07, 6.45) is 5.40. The zero-order valence-corrected chi connectivity index (χ0v) is 10.5. The Morgan fingerprint density at radius 2 is 2.33 bits per heavy atom. The maximum absolute atomic E-state index is 6.22. The van der Waals surface area contributed by atoms with E-state index in [1.807, 2.05) is 18.2 Å². The van der Waals surface area contributed by atoms with Crippen molar-refractivity contribution in [2.45, 2.75) is 6.10 Å². The number of fused-ring (bicyclic) bond motifs is 1. The molecule has 92 valence electrons. The molecule has 5 heteroatoms. The monoisotopic (exact) mass is 262 g/mol. The highest BCUT2D eigenvalue weighted by Gasteiger charge is 2.20. The fourth-order valence-electron chi connectivity index (χ4n) is 2.00. The van der Waals surface area contributed by atoms with Gasteiger partial charge >= 0.3 is 0 Å². The van der Waals surface area contributed by atoms with Crippen LogP contribution in [0, 0.1) is 0 Å². The Balaban J connectivity index is 2.25. The minimum absolute atomic E-state index is 0.164. The smallest absolute Gasteiger partial charge is 0.213 e. The van der Waals surface area contributed by atoms with Crippen LogP contribution in [-0.2, 0) is 4.74 Å². The van der Waals surface area contributed by atoms with Gasteiger partial charge in [0, 0.05) is 17.8 Å².